The molecule has 0 radical (unpaired) electrons. The van der Waals surface area contributed by atoms with E-state index in [1.54, 1.807) is 28.0 Å². The minimum absolute atomic E-state index is 0.134. The summed E-state index contributed by atoms with van der Waals surface area (Å²) in [5, 5.41) is 6.04. The number of para-hydroxylation sites is 1. The van der Waals surface area contributed by atoms with Gasteiger partial charge in [-0.3, -0.25) is 9.59 Å². The van der Waals surface area contributed by atoms with E-state index in [1.165, 1.54) is 0 Å². The Hall–Kier alpha value is -3.06. The summed E-state index contributed by atoms with van der Waals surface area (Å²) in [6.45, 7) is 5.97. The van der Waals surface area contributed by atoms with Gasteiger partial charge in [0.2, 0.25) is 5.91 Å². The van der Waals surface area contributed by atoms with Crippen molar-refractivity contribution in [2.45, 2.75) is 26.7 Å². The van der Waals surface area contributed by atoms with E-state index in [0.29, 0.717) is 48.9 Å². The molecular weight excluding hydrogens is 428 g/mol. The molecule has 1 fully saturated rings. The van der Waals surface area contributed by atoms with Crippen molar-refractivity contribution < 1.29 is 14.4 Å². The Morgan fingerprint density at radius 1 is 1.03 bits per heavy atom. The molecule has 2 N–H and O–H groups in total. The van der Waals surface area contributed by atoms with Crippen molar-refractivity contribution in [3.63, 3.8) is 0 Å². The Labute approximate surface area is 193 Å². The number of carbonyl (C=O) groups is 3. The van der Waals surface area contributed by atoms with Gasteiger partial charge in [-0.05, 0) is 57.0 Å². The molecule has 7 nitrogen and oxygen atoms in total. The third-order valence-electron chi connectivity index (χ3n) is 5.62. The van der Waals surface area contributed by atoms with Crippen LogP contribution in [0.4, 0.5) is 16.2 Å². The highest BCUT2D eigenvalue weighted by Crippen LogP contribution is 2.24. The molecule has 1 aliphatic heterocycles. The molecule has 2 aromatic carbocycles. The van der Waals surface area contributed by atoms with Crippen LogP contribution in [0.25, 0.3) is 0 Å². The van der Waals surface area contributed by atoms with E-state index < -0.39 is 0 Å². The number of nitrogens with one attached hydrogen (secondary N) is 2. The van der Waals surface area contributed by atoms with Gasteiger partial charge in [0.25, 0.3) is 5.91 Å². The second-order valence-corrected chi connectivity index (χ2v) is 8.15. The third kappa shape index (κ3) is 5.79. The normalized spacial score (nSPS) is 15.7. The van der Waals surface area contributed by atoms with E-state index in [1.807, 2.05) is 44.2 Å². The molecule has 1 saturated heterocycles. The Morgan fingerprint density at radius 2 is 1.75 bits per heavy atom. The van der Waals surface area contributed by atoms with Crippen LogP contribution in [0.1, 0.15) is 37.0 Å². The summed E-state index contributed by atoms with van der Waals surface area (Å²) < 4.78 is 0. The van der Waals surface area contributed by atoms with Crippen molar-refractivity contribution >= 4 is 40.8 Å². The number of hydrogen-bond donors (Lipinski definition) is 2. The zero-order chi connectivity index (χ0) is 23.1. The van der Waals surface area contributed by atoms with E-state index in [4.69, 9.17) is 11.6 Å². The molecule has 2 aromatic rings. The van der Waals surface area contributed by atoms with Crippen molar-refractivity contribution in [2.75, 3.05) is 36.8 Å². The Kier molecular flexibility index (Phi) is 8.11. The van der Waals surface area contributed by atoms with Crippen LogP contribution in [0.15, 0.2) is 48.5 Å². The third-order valence-corrected chi connectivity index (χ3v) is 5.93. The van der Waals surface area contributed by atoms with Crippen LogP contribution < -0.4 is 10.6 Å². The quantitative estimate of drug-likeness (QED) is 0.660. The average molecular weight is 457 g/mol. The van der Waals surface area contributed by atoms with Crippen molar-refractivity contribution in [3.8, 4) is 0 Å². The molecule has 0 saturated carbocycles. The van der Waals surface area contributed by atoms with Gasteiger partial charge < -0.3 is 20.4 Å². The maximum atomic E-state index is 12.8. The van der Waals surface area contributed by atoms with E-state index in [2.05, 4.69) is 10.6 Å². The summed E-state index contributed by atoms with van der Waals surface area (Å²) in [6, 6.07) is 13.9. The lowest BCUT2D eigenvalue weighted by Gasteiger charge is -2.32. The molecule has 3 rings (SSSR count). The van der Waals surface area contributed by atoms with Crippen molar-refractivity contribution in [2.24, 2.45) is 5.92 Å². The van der Waals surface area contributed by atoms with Crippen LogP contribution in [-0.4, -0.2) is 53.8 Å². The lowest BCUT2D eigenvalue weighted by Crippen LogP contribution is -2.45. The Bertz CT molecular complexity index is 963. The molecule has 1 heterocycles. The smallest absolute Gasteiger partial charge is 0.321 e. The summed E-state index contributed by atoms with van der Waals surface area (Å²) >= 11 is 6.33. The molecule has 170 valence electrons. The highest BCUT2D eigenvalue weighted by Gasteiger charge is 2.29. The number of piperidine rings is 1. The molecular formula is C24H29ClN4O3. The monoisotopic (exact) mass is 456 g/mol. The topological polar surface area (TPSA) is 81.8 Å². The predicted molar refractivity (Wildman–Crippen MR) is 127 cm³/mol. The van der Waals surface area contributed by atoms with Crippen molar-refractivity contribution in [3.05, 3.63) is 59.1 Å². The van der Waals surface area contributed by atoms with E-state index in [-0.39, 0.29) is 23.8 Å². The SMILES string of the molecule is CCN(CC)C(=O)c1ccc(NC(=O)C2CCCN(C(=O)Nc3ccccc3)C2)cc1Cl. The highest BCUT2D eigenvalue weighted by molar-refractivity contribution is 6.34. The van der Waals surface area contributed by atoms with Gasteiger partial charge in [-0.1, -0.05) is 29.8 Å². The fourth-order valence-corrected chi connectivity index (χ4v) is 4.05. The van der Waals surface area contributed by atoms with Crippen LogP contribution in [-0.2, 0) is 4.79 Å². The maximum Gasteiger partial charge on any atom is 0.321 e. The molecule has 0 spiro atoms. The minimum atomic E-state index is -0.318. The summed E-state index contributed by atoms with van der Waals surface area (Å²) in [6.07, 6.45) is 1.45. The lowest BCUT2D eigenvalue weighted by molar-refractivity contribution is -0.121. The second-order valence-electron chi connectivity index (χ2n) is 7.74. The zero-order valence-electron chi connectivity index (χ0n) is 18.4. The summed E-state index contributed by atoms with van der Waals surface area (Å²) in [5.41, 5.74) is 1.66. The van der Waals surface area contributed by atoms with E-state index in [9.17, 15) is 14.4 Å². The molecule has 8 heteroatoms. The number of nitrogens with zero attached hydrogens (tertiary/aromatic N) is 2. The predicted octanol–water partition coefficient (Wildman–Crippen LogP) is 4.70. The number of rotatable bonds is 6. The molecule has 4 amide bonds. The number of urea groups is 1. The summed E-state index contributed by atoms with van der Waals surface area (Å²) in [5.74, 6) is -0.618. The first-order valence-electron chi connectivity index (χ1n) is 10.9. The van der Waals surface area contributed by atoms with Crippen molar-refractivity contribution in [1.82, 2.24) is 9.80 Å². The van der Waals surface area contributed by atoms with Crippen LogP contribution >= 0.6 is 11.6 Å². The van der Waals surface area contributed by atoms with E-state index in [0.717, 1.165) is 12.1 Å². The fraction of sp³-hybridized carbons (Fsp3) is 0.375. The summed E-state index contributed by atoms with van der Waals surface area (Å²) in [7, 11) is 0. The lowest BCUT2D eigenvalue weighted by atomic mass is 9.97. The number of carbonyl (C=O) groups excluding carboxylic acids is 3. The number of amides is 4. The highest BCUT2D eigenvalue weighted by atomic mass is 35.5. The molecule has 0 bridgehead atoms. The van der Waals surface area contributed by atoms with Gasteiger partial charge in [0.15, 0.2) is 0 Å². The Balaban J connectivity index is 1.61. The summed E-state index contributed by atoms with van der Waals surface area (Å²) in [4.78, 5) is 41.3. The molecule has 1 unspecified atom stereocenters. The van der Waals surface area contributed by atoms with Gasteiger partial charge in [0.1, 0.15) is 0 Å². The van der Waals surface area contributed by atoms with E-state index >= 15 is 0 Å². The number of likely N-dealkylation sites (tertiary alicyclic amines) is 1. The van der Waals surface area contributed by atoms with Gasteiger partial charge in [-0.15, -0.1) is 0 Å². The largest absolute Gasteiger partial charge is 0.339 e. The number of hydrogen-bond acceptors (Lipinski definition) is 3. The number of benzene rings is 2. The number of halogens is 1. The minimum Gasteiger partial charge on any atom is -0.339 e. The van der Waals surface area contributed by atoms with Crippen LogP contribution in [0.3, 0.4) is 0 Å². The first kappa shape index (κ1) is 23.6. The van der Waals surface area contributed by atoms with Gasteiger partial charge in [0.05, 0.1) is 16.5 Å². The first-order chi connectivity index (χ1) is 15.4. The first-order valence-corrected chi connectivity index (χ1v) is 11.3. The van der Waals surface area contributed by atoms with Gasteiger partial charge >= 0.3 is 6.03 Å². The average Bonchev–Trinajstić information content (AvgIpc) is 2.80. The Morgan fingerprint density at radius 3 is 2.41 bits per heavy atom. The number of anilines is 2. The molecule has 1 atom stereocenters. The van der Waals surface area contributed by atoms with Gasteiger partial charge in [-0.25, -0.2) is 4.79 Å². The van der Waals surface area contributed by atoms with Crippen LogP contribution in [0.2, 0.25) is 5.02 Å². The fourth-order valence-electron chi connectivity index (χ4n) is 3.79. The van der Waals surface area contributed by atoms with Crippen LogP contribution in [0.5, 0.6) is 0 Å². The molecule has 0 aromatic heterocycles. The second kappa shape index (κ2) is 11.0. The van der Waals surface area contributed by atoms with Gasteiger partial charge in [0, 0.05) is 37.6 Å². The molecule has 32 heavy (non-hydrogen) atoms. The van der Waals surface area contributed by atoms with Crippen LogP contribution in [0, 0.1) is 5.92 Å². The molecule has 0 aliphatic carbocycles. The zero-order valence-corrected chi connectivity index (χ0v) is 19.2. The molecule has 1 aliphatic rings. The van der Waals surface area contributed by atoms with Crippen molar-refractivity contribution in [1.29, 1.82) is 0 Å². The standard InChI is InChI=1S/C24H29ClN4O3/c1-3-28(4-2)23(31)20-13-12-19(15-21(20)25)26-22(30)17-9-8-14-29(16-17)24(32)27-18-10-6-5-7-11-18/h5-7,10-13,15,17H,3-4,8-9,14,16H2,1-2H3,(H,26,30)(H,27,32). The maximum absolute atomic E-state index is 12.8. The van der Waals surface area contributed by atoms with Gasteiger partial charge in [-0.2, -0.15) is 0 Å².